The lowest BCUT2D eigenvalue weighted by Crippen LogP contribution is -2.50. The van der Waals surface area contributed by atoms with E-state index in [1.165, 1.54) is 18.2 Å². The first-order valence-electron chi connectivity index (χ1n) is 7.23. The number of nitrogens with zero attached hydrogens (tertiary/aromatic N) is 3. The molecule has 2 rings (SSSR count). The molecule has 5 heteroatoms. The summed E-state index contributed by atoms with van der Waals surface area (Å²) < 4.78 is 13.3. The Balaban J connectivity index is 1.92. The van der Waals surface area contributed by atoms with Crippen molar-refractivity contribution in [3.05, 3.63) is 35.1 Å². The predicted octanol–water partition coefficient (Wildman–Crippen LogP) is 1.59. The maximum Gasteiger partial charge on any atom is 0.123 e. The van der Waals surface area contributed by atoms with Crippen molar-refractivity contribution in [3.63, 3.8) is 0 Å². The van der Waals surface area contributed by atoms with E-state index in [2.05, 4.69) is 15.9 Å². The van der Waals surface area contributed by atoms with E-state index in [1.807, 2.05) is 13.8 Å². The van der Waals surface area contributed by atoms with Gasteiger partial charge in [-0.2, -0.15) is 5.26 Å². The number of hydrogen-bond donors (Lipinski definition) is 1. The Morgan fingerprint density at radius 3 is 2.43 bits per heavy atom. The third kappa shape index (κ3) is 4.78. The van der Waals surface area contributed by atoms with Gasteiger partial charge in [0.15, 0.2) is 0 Å². The Labute approximate surface area is 125 Å². The highest BCUT2D eigenvalue weighted by molar-refractivity contribution is 5.37. The molecule has 1 N–H and O–H groups in total. The largest absolute Gasteiger partial charge is 0.389 e. The van der Waals surface area contributed by atoms with Crippen LogP contribution in [0, 0.1) is 17.1 Å². The fourth-order valence-corrected chi connectivity index (χ4v) is 2.70. The molecule has 1 saturated heterocycles. The number of nitriles is 1. The second-order valence-corrected chi connectivity index (χ2v) is 6.28. The fraction of sp³-hybridized carbons (Fsp3) is 0.562. The summed E-state index contributed by atoms with van der Waals surface area (Å²) >= 11 is 0. The van der Waals surface area contributed by atoms with Crippen LogP contribution in [0.5, 0.6) is 0 Å². The topological polar surface area (TPSA) is 50.5 Å². The van der Waals surface area contributed by atoms with Gasteiger partial charge in [0.05, 0.1) is 17.2 Å². The predicted molar refractivity (Wildman–Crippen MR) is 79.1 cm³/mol. The zero-order valence-electron chi connectivity index (χ0n) is 12.6. The minimum atomic E-state index is -0.682. The third-order valence-electron chi connectivity index (χ3n) is 3.66. The molecular formula is C16H22FN3O. The van der Waals surface area contributed by atoms with Crippen molar-refractivity contribution in [1.29, 1.82) is 5.26 Å². The van der Waals surface area contributed by atoms with E-state index in [0.717, 1.165) is 31.7 Å². The Morgan fingerprint density at radius 1 is 1.24 bits per heavy atom. The van der Waals surface area contributed by atoms with E-state index < -0.39 is 5.60 Å². The quantitative estimate of drug-likeness (QED) is 0.915. The van der Waals surface area contributed by atoms with Crippen LogP contribution in [-0.4, -0.2) is 53.2 Å². The van der Waals surface area contributed by atoms with Crippen LogP contribution in [0.25, 0.3) is 0 Å². The third-order valence-corrected chi connectivity index (χ3v) is 3.66. The van der Waals surface area contributed by atoms with Crippen molar-refractivity contribution in [3.8, 4) is 6.07 Å². The monoisotopic (exact) mass is 291 g/mol. The number of rotatable bonds is 4. The first kappa shape index (κ1) is 15.9. The maximum atomic E-state index is 13.3. The highest BCUT2D eigenvalue weighted by atomic mass is 19.1. The Morgan fingerprint density at radius 2 is 1.86 bits per heavy atom. The van der Waals surface area contributed by atoms with Gasteiger partial charge in [-0.05, 0) is 37.6 Å². The van der Waals surface area contributed by atoms with Crippen molar-refractivity contribution in [2.75, 3.05) is 32.7 Å². The minimum absolute atomic E-state index is 0.301. The van der Waals surface area contributed by atoms with E-state index in [9.17, 15) is 9.50 Å². The van der Waals surface area contributed by atoms with Gasteiger partial charge < -0.3 is 5.11 Å². The second kappa shape index (κ2) is 6.52. The minimum Gasteiger partial charge on any atom is -0.389 e. The normalized spacial score (nSPS) is 17.7. The Bertz CT molecular complexity index is 525. The number of hydrogen-bond acceptors (Lipinski definition) is 4. The molecule has 1 fully saturated rings. The van der Waals surface area contributed by atoms with Crippen LogP contribution >= 0.6 is 0 Å². The van der Waals surface area contributed by atoms with Gasteiger partial charge in [0.2, 0.25) is 0 Å². The van der Waals surface area contributed by atoms with Gasteiger partial charge >= 0.3 is 0 Å². The summed E-state index contributed by atoms with van der Waals surface area (Å²) in [7, 11) is 0. The van der Waals surface area contributed by atoms with Gasteiger partial charge in [0.25, 0.3) is 0 Å². The number of β-amino-alcohol motifs (C(OH)–C–C–N with tert-alkyl or cyclic N) is 1. The lowest BCUT2D eigenvalue weighted by Gasteiger charge is -2.37. The number of benzene rings is 1. The smallest absolute Gasteiger partial charge is 0.123 e. The van der Waals surface area contributed by atoms with Crippen LogP contribution in [0.1, 0.15) is 25.0 Å². The summed E-state index contributed by atoms with van der Waals surface area (Å²) in [5.74, 6) is -0.301. The van der Waals surface area contributed by atoms with Gasteiger partial charge in [0, 0.05) is 39.3 Å². The lowest BCUT2D eigenvalue weighted by molar-refractivity contribution is 0.0166. The first-order valence-corrected chi connectivity index (χ1v) is 7.23. The van der Waals surface area contributed by atoms with Crippen molar-refractivity contribution in [1.82, 2.24) is 9.80 Å². The van der Waals surface area contributed by atoms with Crippen LogP contribution in [0.4, 0.5) is 4.39 Å². The van der Waals surface area contributed by atoms with E-state index in [1.54, 1.807) is 0 Å². The molecule has 0 saturated carbocycles. The summed E-state index contributed by atoms with van der Waals surface area (Å²) in [6, 6.07) is 6.42. The lowest BCUT2D eigenvalue weighted by atomic mass is 10.1. The zero-order valence-corrected chi connectivity index (χ0v) is 12.6. The van der Waals surface area contributed by atoms with Crippen LogP contribution in [0.2, 0.25) is 0 Å². The molecule has 0 unspecified atom stereocenters. The first-order chi connectivity index (χ1) is 9.87. The van der Waals surface area contributed by atoms with Gasteiger partial charge in [-0.3, -0.25) is 9.80 Å². The summed E-state index contributed by atoms with van der Waals surface area (Å²) in [6.45, 7) is 8.34. The van der Waals surface area contributed by atoms with Crippen molar-refractivity contribution in [2.45, 2.75) is 26.0 Å². The maximum absolute atomic E-state index is 13.3. The van der Waals surface area contributed by atoms with E-state index in [0.29, 0.717) is 18.7 Å². The molecule has 0 spiro atoms. The van der Waals surface area contributed by atoms with Gasteiger partial charge in [-0.25, -0.2) is 4.39 Å². The SMILES string of the molecule is CC(C)(O)CN1CCN(Cc2cc(F)ccc2C#N)CC1. The molecule has 0 amide bonds. The molecular weight excluding hydrogens is 269 g/mol. The fourth-order valence-electron chi connectivity index (χ4n) is 2.70. The Kier molecular flexibility index (Phi) is 4.94. The number of halogens is 1. The van der Waals surface area contributed by atoms with Crippen LogP contribution in [-0.2, 0) is 6.54 Å². The molecule has 21 heavy (non-hydrogen) atoms. The van der Waals surface area contributed by atoms with Crippen LogP contribution in [0.3, 0.4) is 0 Å². The standard InChI is InChI=1S/C16H22FN3O/c1-16(2,21)12-20-7-5-19(6-8-20)11-14-9-15(17)4-3-13(14)10-18/h3-4,9,21H,5-8,11-12H2,1-2H3. The molecule has 1 aliphatic heterocycles. The van der Waals surface area contributed by atoms with E-state index >= 15 is 0 Å². The second-order valence-electron chi connectivity index (χ2n) is 6.28. The highest BCUT2D eigenvalue weighted by Crippen LogP contribution is 2.15. The molecule has 1 aliphatic rings. The van der Waals surface area contributed by atoms with Crippen molar-refractivity contribution >= 4 is 0 Å². The average Bonchev–Trinajstić information content (AvgIpc) is 2.40. The average molecular weight is 291 g/mol. The molecule has 0 bridgehead atoms. The molecule has 1 aromatic carbocycles. The summed E-state index contributed by atoms with van der Waals surface area (Å²) in [6.07, 6.45) is 0. The van der Waals surface area contributed by atoms with Crippen LogP contribution < -0.4 is 0 Å². The number of aliphatic hydroxyl groups is 1. The molecule has 0 aromatic heterocycles. The van der Waals surface area contributed by atoms with Gasteiger partial charge in [0.1, 0.15) is 5.82 Å². The van der Waals surface area contributed by atoms with E-state index in [4.69, 9.17) is 5.26 Å². The van der Waals surface area contributed by atoms with Crippen LogP contribution in [0.15, 0.2) is 18.2 Å². The molecule has 4 nitrogen and oxygen atoms in total. The van der Waals surface area contributed by atoms with Gasteiger partial charge in [-0.1, -0.05) is 0 Å². The number of piperazine rings is 1. The zero-order chi connectivity index (χ0) is 15.5. The molecule has 1 aromatic rings. The summed E-state index contributed by atoms with van der Waals surface area (Å²) in [5.41, 5.74) is 0.599. The van der Waals surface area contributed by atoms with Gasteiger partial charge in [-0.15, -0.1) is 0 Å². The van der Waals surface area contributed by atoms with Crippen molar-refractivity contribution in [2.24, 2.45) is 0 Å². The summed E-state index contributed by atoms with van der Waals surface area (Å²) in [4.78, 5) is 4.45. The van der Waals surface area contributed by atoms with E-state index in [-0.39, 0.29) is 5.82 Å². The Hall–Kier alpha value is -1.48. The molecule has 0 radical (unpaired) electrons. The molecule has 0 aliphatic carbocycles. The molecule has 0 atom stereocenters. The summed E-state index contributed by atoms with van der Waals surface area (Å²) in [5, 5.41) is 18.9. The molecule has 114 valence electrons. The molecule has 1 heterocycles. The van der Waals surface area contributed by atoms with Crippen molar-refractivity contribution < 1.29 is 9.50 Å². The highest BCUT2D eigenvalue weighted by Gasteiger charge is 2.23.